The molecule has 1 amide bonds. The van der Waals surface area contributed by atoms with E-state index in [1.165, 1.54) is 21.3 Å². The number of methoxy groups -OCH3 is 3. The normalized spacial score (nSPS) is 10.6. The fourth-order valence-corrected chi connectivity index (χ4v) is 3.62. The van der Waals surface area contributed by atoms with Crippen LogP contribution in [0.25, 0.3) is 22.6 Å². The van der Waals surface area contributed by atoms with Gasteiger partial charge in [0.2, 0.25) is 11.6 Å². The topological polar surface area (TPSA) is 94.9 Å². The van der Waals surface area contributed by atoms with Crippen LogP contribution < -0.4 is 24.8 Å². The summed E-state index contributed by atoms with van der Waals surface area (Å²) in [7, 11) is 4.46. The van der Waals surface area contributed by atoms with E-state index in [0.717, 1.165) is 22.2 Å². The molecular formula is C25H23N3O5S. The van der Waals surface area contributed by atoms with Crippen LogP contribution in [0, 0.1) is 6.92 Å². The van der Waals surface area contributed by atoms with Gasteiger partial charge in [-0.1, -0.05) is 6.07 Å². The number of carbonyl (C=O) groups excluding carboxylic acids is 1. The monoisotopic (exact) mass is 477 g/mol. The quantitative estimate of drug-likeness (QED) is 0.377. The van der Waals surface area contributed by atoms with Crippen LogP contribution >= 0.6 is 12.2 Å². The van der Waals surface area contributed by atoms with E-state index in [4.69, 9.17) is 30.8 Å². The minimum Gasteiger partial charge on any atom is -0.493 e. The molecule has 0 atom stereocenters. The van der Waals surface area contributed by atoms with Crippen molar-refractivity contribution in [1.29, 1.82) is 0 Å². The number of hydrogen-bond donors (Lipinski definition) is 2. The number of thiocarbonyl (C=S) groups is 1. The Bertz CT molecular complexity index is 1340. The molecular weight excluding hydrogens is 454 g/mol. The van der Waals surface area contributed by atoms with E-state index >= 15 is 0 Å². The lowest BCUT2D eigenvalue weighted by Crippen LogP contribution is -2.34. The van der Waals surface area contributed by atoms with Gasteiger partial charge < -0.3 is 23.9 Å². The van der Waals surface area contributed by atoms with Crippen molar-refractivity contribution in [2.45, 2.75) is 6.92 Å². The molecule has 174 valence electrons. The van der Waals surface area contributed by atoms with Crippen LogP contribution in [0.15, 0.2) is 59.0 Å². The van der Waals surface area contributed by atoms with Gasteiger partial charge in [-0.15, -0.1) is 0 Å². The van der Waals surface area contributed by atoms with Crippen molar-refractivity contribution in [3.63, 3.8) is 0 Å². The van der Waals surface area contributed by atoms with Crippen molar-refractivity contribution < 1.29 is 23.4 Å². The molecule has 0 saturated heterocycles. The molecule has 9 heteroatoms. The molecule has 0 saturated carbocycles. The maximum Gasteiger partial charge on any atom is 0.257 e. The van der Waals surface area contributed by atoms with Crippen molar-refractivity contribution in [2.24, 2.45) is 0 Å². The van der Waals surface area contributed by atoms with E-state index in [1.807, 2.05) is 49.4 Å². The Morgan fingerprint density at radius 1 is 0.941 bits per heavy atom. The summed E-state index contributed by atoms with van der Waals surface area (Å²) in [5.74, 6) is 1.25. The smallest absolute Gasteiger partial charge is 0.257 e. The number of amides is 1. The molecule has 0 fully saturated rings. The molecule has 0 aliphatic heterocycles. The molecule has 0 radical (unpaired) electrons. The van der Waals surface area contributed by atoms with Crippen LogP contribution in [0.1, 0.15) is 15.9 Å². The van der Waals surface area contributed by atoms with E-state index in [9.17, 15) is 4.79 Å². The molecule has 8 nitrogen and oxygen atoms in total. The van der Waals surface area contributed by atoms with Gasteiger partial charge in [-0.05, 0) is 73.2 Å². The molecule has 0 bridgehead atoms. The molecule has 4 rings (SSSR count). The third kappa shape index (κ3) is 4.79. The number of aromatic nitrogens is 1. The van der Waals surface area contributed by atoms with Crippen LogP contribution in [0.4, 0.5) is 5.69 Å². The van der Waals surface area contributed by atoms with E-state index < -0.39 is 5.91 Å². The first kappa shape index (κ1) is 23.1. The first-order valence-electron chi connectivity index (χ1n) is 10.3. The van der Waals surface area contributed by atoms with Gasteiger partial charge in [0.05, 0.1) is 21.3 Å². The maximum absolute atomic E-state index is 12.7. The summed E-state index contributed by atoms with van der Waals surface area (Å²) in [5, 5.41) is 5.79. The molecule has 1 aromatic heterocycles. The number of aryl methyl sites for hydroxylation is 1. The number of ether oxygens (including phenoxy) is 3. The summed E-state index contributed by atoms with van der Waals surface area (Å²) in [6, 6.07) is 16.4. The highest BCUT2D eigenvalue weighted by Crippen LogP contribution is 2.38. The van der Waals surface area contributed by atoms with E-state index in [1.54, 1.807) is 12.1 Å². The third-order valence-corrected chi connectivity index (χ3v) is 5.29. The molecule has 1 heterocycles. The molecule has 0 spiro atoms. The fraction of sp³-hybridized carbons (Fsp3) is 0.160. The third-order valence-electron chi connectivity index (χ3n) is 5.09. The van der Waals surface area contributed by atoms with Gasteiger partial charge in [0.1, 0.15) is 5.52 Å². The lowest BCUT2D eigenvalue weighted by Gasteiger charge is -2.14. The number of anilines is 1. The average molecular weight is 478 g/mol. The van der Waals surface area contributed by atoms with E-state index in [2.05, 4.69) is 15.6 Å². The van der Waals surface area contributed by atoms with E-state index in [0.29, 0.717) is 34.4 Å². The fourth-order valence-electron chi connectivity index (χ4n) is 3.41. The number of fused-ring (bicyclic) bond motifs is 1. The lowest BCUT2D eigenvalue weighted by atomic mass is 10.1. The average Bonchev–Trinajstić information content (AvgIpc) is 3.26. The first-order chi connectivity index (χ1) is 16.4. The molecule has 0 unspecified atom stereocenters. The largest absolute Gasteiger partial charge is 0.493 e. The van der Waals surface area contributed by atoms with Crippen molar-refractivity contribution in [3.8, 4) is 28.7 Å². The zero-order valence-corrected chi connectivity index (χ0v) is 19.9. The summed E-state index contributed by atoms with van der Waals surface area (Å²) >= 11 is 5.30. The molecule has 4 aromatic rings. The Labute approximate surface area is 201 Å². The number of oxazole rings is 1. The Kier molecular flexibility index (Phi) is 6.65. The number of nitrogens with one attached hydrogen (secondary N) is 2. The number of carbonyl (C=O) groups is 1. The minimum atomic E-state index is -0.421. The molecule has 0 aliphatic rings. The number of rotatable bonds is 6. The maximum atomic E-state index is 12.7. The zero-order chi connectivity index (χ0) is 24.2. The van der Waals surface area contributed by atoms with Crippen LogP contribution in [-0.4, -0.2) is 37.3 Å². The van der Waals surface area contributed by atoms with Crippen molar-refractivity contribution in [1.82, 2.24) is 10.3 Å². The highest BCUT2D eigenvalue weighted by atomic mass is 32.1. The van der Waals surface area contributed by atoms with Crippen molar-refractivity contribution in [3.05, 3.63) is 65.7 Å². The van der Waals surface area contributed by atoms with Crippen LogP contribution in [0.2, 0.25) is 0 Å². The molecule has 3 aromatic carbocycles. The number of nitrogens with zero attached hydrogens (tertiary/aromatic N) is 1. The first-order valence-corrected chi connectivity index (χ1v) is 10.7. The van der Waals surface area contributed by atoms with Crippen LogP contribution in [0.3, 0.4) is 0 Å². The summed E-state index contributed by atoms with van der Waals surface area (Å²) in [6.07, 6.45) is 0. The molecule has 0 aliphatic carbocycles. The second-order valence-electron chi connectivity index (χ2n) is 7.39. The predicted molar refractivity (Wildman–Crippen MR) is 134 cm³/mol. The lowest BCUT2D eigenvalue weighted by molar-refractivity contribution is 0.0977. The van der Waals surface area contributed by atoms with Gasteiger partial charge in [0.25, 0.3) is 5.91 Å². The van der Waals surface area contributed by atoms with Gasteiger partial charge in [-0.2, -0.15) is 0 Å². The predicted octanol–water partition coefficient (Wildman–Crippen LogP) is 4.96. The van der Waals surface area contributed by atoms with Gasteiger partial charge >= 0.3 is 0 Å². The highest BCUT2D eigenvalue weighted by Gasteiger charge is 2.18. The standard InChI is InChI=1S/C25H23N3O5S/c1-14-5-10-19-18(11-14)27-24(33-19)15-6-8-17(9-7-15)26-25(34)28-23(29)16-12-20(30-2)22(32-4)21(13-16)31-3/h5-13H,1-4H3,(H2,26,28,29,34). The zero-order valence-electron chi connectivity index (χ0n) is 19.1. The van der Waals surface area contributed by atoms with Gasteiger partial charge in [-0.3, -0.25) is 10.1 Å². The minimum absolute atomic E-state index is 0.142. The number of benzene rings is 3. The summed E-state index contributed by atoms with van der Waals surface area (Å²) < 4.78 is 21.7. The summed E-state index contributed by atoms with van der Waals surface area (Å²) in [5.41, 5.74) is 4.50. The highest BCUT2D eigenvalue weighted by molar-refractivity contribution is 7.80. The number of hydrogen-bond acceptors (Lipinski definition) is 7. The Morgan fingerprint density at radius 2 is 1.62 bits per heavy atom. The second kappa shape index (κ2) is 9.80. The van der Waals surface area contributed by atoms with Gasteiger partial charge in [0.15, 0.2) is 22.2 Å². The van der Waals surface area contributed by atoms with E-state index in [-0.39, 0.29) is 5.11 Å². The Hall–Kier alpha value is -4.11. The molecule has 2 N–H and O–H groups in total. The summed E-state index contributed by atoms with van der Waals surface area (Å²) in [4.78, 5) is 17.3. The Balaban J connectivity index is 1.44. The van der Waals surface area contributed by atoms with Gasteiger partial charge in [0, 0.05) is 16.8 Å². The SMILES string of the molecule is COc1cc(C(=O)NC(=S)Nc2ccc(-c3nc4cc(C)ccc4o3)cc2)cc(OC)c1OC. The van der Waals surface area contributed by atoms with Crippen LogP contribution in [-0.2, 0) is 0 Å². The Morgan fingerprint density at radius 3 is 2.24 bits per heavy atom. The van der Waals surface area contributed by atoms with Crippen molar-refractivity contribution in [2.75, 3.05) is 26.6 Å². The van der Waals surface area contributed by atoms with Crippen LogP contribution in [0.5, 0.6) is 17.2 Å². The second-order valence-corrected chi connectivity index (χ2v) is 7.80. The summed E-state index contributed by atoms with van der Waals surface area (Å²) in [6.45, 7) is 2.01. The molecule has 34 heavy (non-hydrogen) atoms. The van der Waals surface area contributed by atoms with Gasteiger partial charge in [-0.25, -0.2) is 4.98 Å². The van der Waals surface area contributed by atoms with Crippen molar-refractivity contribution >= 4 is 40.0 Å².